The molecule has 0 saturated carbocycles. The Labute approximate surface area is 212 Å². The summed E-state index contributed by atoms with van der Waals surface area (Å²) < 4.78 is 55.6. The Morgan fingerprint density at radius 1 is 0.833 bits per heavy atom. The van der Waals surface area contributed by atoms with Crippen molar-refractivity contribution < 1.29 is 17.6 Å². The lowest BCUT2D eigenvalue weighted by molar-refractivity contribution is -0.137. The van der Waals surface area contributed by atoms with E-state index in [0.717, 1.165) is 23.3 Å². The lowest BCUT2D eigenvalue weighted by Crippen LogP contribution is -2.46. The Morgan fingerprint density at radius 3 is 2.14 bits per heavy atom. The standard InChI is InChI=1S/C29H21ClF4N2/c30-25-13-14-27(35-20-25)28(19-22-10-5-2-6-11-22,36-15-7-12-21-8-3-1-4-9-21)23-16-24(29(32,33)34)18-26(31)17-23/h1-6,8-11,13-14,16-18,20,36H,15,19H2. The van der Waals surface area contributed by atoms with Crippen LogP contribution in [0, 0.1) is 17.7 Å². The molecule has 0 aliphatic carbocycles. The van der Waals surface area contributed by atoms with Crippen LogP contribution in [0.3, 0.4) is 0 Å². The van der Waals surface area contributed by atoms with E-state index < -0.39 is 23.1 Å². The van der Waals surface area contributed by atoms with Gasteiger partial charge in [-0.15, -0.1) is 0 Å². The maximum absolute atomic E-state index is 14.6. The smallest absolute Gasteiger partial charge is 0.291 e. The van der Waals surface area contributed by atoms with Crippen LogP contribution in [0.4, 0.5) is 17.6 Å². The van der Waals surface area contributed by atoms with E-state index in [1.54, 1.807) is 12.1 Å². The topological polar surface area (TPSA) is 24.9 Å². The van der Waals surface area contributed by atoms with Gasteiger partial charge in [0.15, 0.2) is 0 Å². The maximum Gasteiger partial charge on any atom is 0.416 e. The van der Waals surface area contributed by atoms with Crippen LogP contribution in [0.15, 0.2) is 97.2 Å². The Bertz CT molecular complexity index is 1360. The molecule has 1 atom stereocenters. The Hall–Kier alpha value is -3.66. The summed E-state index contributed by atoms with van der Waals surface area (Å²) in [6, 6.07) is 24.3. The molecule has 1 heterocycles. The van der Waals surface area contributed by atoms with E-state index in [-0.39, 0.29) is 18.5 Å². The third-order valence-electron chi connectivity index (χ3n) is 5.68. The minimum atomic E-state index is -4.73. The molecule has 4 rings (SSSR count). The van der Waals surface area contributed by atoms with Crippen molar-refractivity contribution in [2.45, 2.75) is 18.1 Å². The van der Waals surface area contributed by atoms with Crippen LogP contribution in [0.2, 0.25) is 5.02 Å². The van der Waals surface area contributed by atoms with Crippen molar-refractivity contribution in [2.75, 3.05) is 6.54 Å². The van der Waals surface area contributed by atoms with Gasteiger partial charge in [-0.1, -0.05) is 72.0 Å². The molecule has 0 radical (unpaired) electrons. The molecule has 0 aliphatic heterocycles. The van der Waals surface area contributed by atoms with E-state index in [4.69, 9.17) is 11.6 Å². The average Bonchev–Trinajstić information content (AvgIpc) is 2.87. The van der Waals surface area contributed by atoms with Gasteiger partial charge in [0.2, 0.25) is 0 Å². The number of alkyl halides is 3. The second-order valence-electron chi connectivity index (χ2n) is 8.18. The van der Waals surface area contributed by atoms with Gasteiger partial charge in [-0.3, -0.25) is 10.3 Å². The van der Waals surface area contributed by atoms with Crippen LogP contribution in [-0.4, -0.2) is 11.5 Å². The highest BCUT2D eigenvalue weighted by atomic mass is 35.5. The second-order valence-corrected chi connectivity index (χ2v) is 8.61. The summed E-state index contributed by atoms with van der Waals surface area (Å²) >= 11 is 6.06. The molecule has 3 aromatic carbocycles. The molecule has 0 spiro atoms. The lowest BCUT2D eigenvalue weighted by atomic mass is 9.79. The fourth-order valence-corrected chi connectivity index (χ4v) is 4.10. The number of benzene rings is 3. The molecule has 2 nitrogen and oxygen atoms in total. The molecule has 7 heteroatoms. The van der Waals surface area contributed by atoms with Crippen LogP contribution in [-0.2, 0) is 18.1 Å². The first-order valence-corrected chi connectivity index (χ1v) is 11.5. The Kier molecular flexibility index (Phi) is 7.73. The van der Waals surface area contributed by atoms with Gasteiger partial charge in [0, 0.05) is 18.2 Å². The summed E-state index contributed by atoms with van der Waals surface area (Å²) in [5, 5.41) is 3.66. The molecule has 0 aliphatic rings. The number of aromatic nitrogens is 1. The summed E-state index contributed by atoms with van der Waals surface area (Å²) in [6.45, 7) is 0.101. The molecule has 36 heavy (non-hydrogen) atoms. The highest BCUT2D eigenvalue weighted by Gasteiger charge is 2.39. The third kappa shape index (κ3) is 6.12. The second kappa shape index (κ2) is 10.9. The number of nitrogens with one attached hydrogen (secondary N) is 1. The molecule has 182 valence electrons. The summed E-state index contributed by atoms with van der Waals surface area (Å²) in [4.78, 5) is 4.44. The van der Waals surface area contributed by atoms with Crippen molar-refractivity contribution in [1.29, 1.82) is 0 Å². The predicted molar refractivity (Wildman–Crippen MR) is 133 cm³/mol. The summed E-state index contributed by atoms with van der Waals surface area (Å²) in [6.07, 6.45) is -3.12. The normalized spacial score (nSPS) is 12.9. The SMILES string of the molecule is Fc1cc(C(F)(F)F)cc(C(Cc2ccccc2)(NCC#Cc2ccccc2)c2ccc(Cl)cn2)c1. The zero-order valence-corrected chi connectivity index (χ0v) is 19.7. The molecular formula is C29H21ClF4N2. The van der Waals surface area contributed by atoms with Crippen LogP contribution in [0.25, 0.3) is 0 Å². The van der Waals surface area contributed by atoms with E-state index >= 15 is 0 Å². The van der Waals surface area contributed by atoms with Gasteiger partial charge in [-0.2, -0.15) is 13.2 Å². The van der Waals surface area contributed by atoms with Crippen molar-refractivity contribution in [3.63, 3.8) is 0 Å². The van der Waals surface area contributed by atoms with E-state index in [1.807, 2.05) is 60.7 Å². The van der Waals surface area contributed by atoms with Gasteiger partial charge >= 0.3 is 6.18 Å². The molecule has 0 saturated heterocycles. The van der Waals surface area contributed by atoms with E-state index in [9.17, 15) is 17.6 Å². The molecule has 4 aromatic rings. The third-order valence-corrected chi connectivity index (χ3v) is 5.90. The van der Waals surface area contributed by atoms with Gasteiger partial charge in [0.1, 0.15) is 5.82 Å². The summed E-state index contributed by atoms with van der Waals surface area (Å²) in [5.41, 5.74) is -0.343. The molecule has 1 N–H and O–H groups in total. The minimum absolute atomic E-state index is 0.0787. The fourth-order valence-electron chi connectivity index (χ4n) is 3.99. The van der Waals surface area contributed by atoms with Gasteiger partial charge in [0.25, 0.3) is 0 Å². The van der Waals surface area contributed by atoms with Gasteiger partial charge < -0.3 is 0 Å². The number of halogens is 5. The van der Waals surface area contributed by atoms with Crippen LogP contribution >= 0.6 is 11.6 Å². The quantitative estimate of drug-likeness (QED) is 0.223. The summed E-state index contributed by atoms with van der Waals surface area (Å²) in [7, 11) is 0. The lowest BCUT2D eigenvalue weighted by Gasteiger charge is -2.35. The van der Waals surface area contributed by atoms with Crippen molar-refractivity contribution in [3.05, 3.63) is 136 Å². The van der Waals surface area contributed by atoms with Crippen molar-refractivity contribution >= 4 is 11.6 Å². The number of nitrogens with zero attached hydrogens (tertiary/aromatic N) is 1. The van der Waals surface area contributed by atoms with E-state index in [0.29, 0.717) is 16.8 Å². The van der Waals surface area contributed by atoms with Crippen LogP contribution < -0.4 is 5.32 Å². The fraction of sp³-hybridized carbons (Fsp3) is 0.138. The monoisotopic (exact) mass is 508 g/mol. The molecule has 1 unspecified atom stereocenters. The number of hydrogen-bond donors (Lipinski definition) is 1. The predicted octanol–water partition coefficient (Wildman–Crippen LogP) is 7.02. The molecule has 0 bridgehead atoms. The van der Waals surface area contributed by atoms with Crippen molar-refractivity contribution in [1.82, 2.24) is 10.3 Å². The number of rotatable bonds is 6. The van der Waals surface area contributed by atoms with Gasteiger partial charge in [-0.05, 0) is 53.6 Å². The van der Waals surface area contributed by atoms with Crippen LogP contribution in [0.1, 0.15) is 27.9 Å². The average molecular weight is 509 g/mol. The van der Waals surface area contributed by atoms with E-state index in [1.165, 1.54) is 6.20 Å². The largest absolute Gasteiger partial charge is 0.416 e. The van der Waals surface area contributed by atoms with Gasteiger partial charge in [-0.25, -0.2) is 4.39 Å². The molecular weight excluding hydrogens is 488 g/mol. The highest BCUT2D eigenvalue weighted by molar-refractivity contribution is 6.30. The Morgan fingerprint density at radius 2 is 1.50 bits per heavy atom. The summed E-state index contributed by atoms with van der Waals surface area (Å²) in [5.74, 6) is 5.06. The van der Waals surface area contributed by atoms with Crippen LogP contribution in [0.5, 0.6) is 0 Å². The maximum atomic E-state index is 14.6. The van der Waals surface area contributed by atoms with Gasteiger partial charge in [0.05, 0.1) is 28.4 Å². The first kappa shape index (κ1) is 25.4. The molecule has 1 aromatic heterocycles. The highest BCUT2D eigenvalue weighted by Crippen LogP contribution is 2.37. The Balaban J connectivity index is 1.87. The first-order valence-electron chi connectivity index (χ1n) is 11.1. The number of hydrogen-bond acceptors (Lipinski definition) is 2. The molecule has 0 amide bonds. The molecule has 0 fully saturated rings. The zero-order valence-electron chi connectivity index (χ0n) is 19.0. The zero-order chi connectivity index (χ0) is 25.6. The first-order chi connectivity index (χ1) is 17.3. The minimum Gasteiger partial charge on any atom is -0.291 e. The number of pyridine rings is 1. The van der Waals surface area contributed by atoms with Crippen molar-refractivity contribution in [3.8, 4) is 11.8 Å². The van der Waals surface area contributed by atoms with E-state index in [2.05, 4.69) is 22.1 Å². The van der Waals surface area contributed by atoms with Crippen molar-refractivity contribution in [2.24, 2.45) is 0 Å².